The fourth-order valence-corrected chi connectivity index (χ4v) is 2.02. The lowest BCUT2D eigenvalue weighted by atomic mass is 9.83. The largest absolute Gasteiger partial charge is 0.390 e. The summed E-state index contributed by atoms with van der Waals surface area (Å²) >= 11 is 0. The zero-order chi connectivity index (χ0) is 11.1. The first-order valence-corrected chi connectivity index (χ1v) is 5.63. The van der Waals surface area contributed by atoms with Crippen LogP contribution in [-0.2, 0) is 13.5 Å². The van der Waals surface area contributed by atoms with E-state index in [1.54, 1.807) is 0 Å². The Morgan fingerprint density at radius 3 is 2.73 bits per heavy atom. The Morgan fingerprint density at radius 2 is 2.27 bits per heavy atom. The van der Waals surface area contributed by atoms with Crippen molar-refractivity contribution in [2.45, 2.75) is 45.1 Å². The molecule has 1 saturated carbocycles. The maximum absolute atomic E-state index is 10.4. The maximum Gasteiger partial charge on any atom is 0.0676 e. The molecule has 0 amide bonds. The molecule has 1 N–H and O–H groups in total. The summed E-state index contributed by atoms with van der Waals surface area (Å²) in [5, 5.41) is 14.5. The predicted molar refractivity (Wildman–Crippen MR) is 59.5 cm³/mol. The number of aromatic nitrogens is 2. The van der Waals surface area contributed by atoms with Crippen molar-refractivity contribution in [3.63, 3.8) is 0 Å². The molecule has 15 heavy (non-hydrogen) atoms. The molecule has 2 rings (SSSR count). The van der Waals surface area contributed by atoms with Gasteiger partial charge in [-0.15, -0.1) is 0 Å². The number of rotatable bonds is 4. The van der Waals surface area contributed by atoms with Crippen molar-refractivity contribution < 1.29 is 5.11 Å². The first-order chi connectivity index (χ1) is 6.93. The second-order valence-corrected chi connectivity index (χ2v) is 5.36. The predicted octanol–water partition coefficient (Wildman–Crippen LogP) is 1.90. The fraction of sp³-hybridized carbons (Fsp3) is 0.750. The standard InChI is InChI=1S/C12H20N2O/c1-11(6-7-11)12(2,15)5-4-10-8-13-14(3)9-10/h8-9,15H,4-7H2,1-3H3. The molecule has 0 saturated heterocycles. The molecular weight excluding hydrogens is 188 g/mol. The highest BCUT2D eigenvalue weighted by Gasteiger charge is 2.51. The Labute approximate surface area is 91.1 Å². The average Bonchev–Trinajstić information content (AvgIpc) is 2.77. The molecule has 0 spiro atoms. The van der Waals surface area contributed by atoms with Crippen molar-refractivity contribution >= 4 is 0 Å². The number of aryl methyl sites for hydroxylation is 2. The smallest absolute Gasteiger partial charge is 0.0676 e. The van der Waals surface area contributed by atoms with Crippen LogP contribution >= 0.6 is 0 Å². The zero-order valence-corrected chi connectivity index (χ0v) is 9.82. The minimum Gasteiger partial charge on any atom is -0.390 e. The van der Waals surface area contributed by atoms with Gasteiger partial charge >= 0.3 is 0 Å². The molecule has 1 aromatic heterocycles. The van der Waals surface area contributed by atoms with Gasteiger partial charge in [-0.25, -0.2) is 0 Å². The summed E-state index contributed by atoms with van der Waals surface area (Å²) < 4.78 is 1.81. The number of aliphatic hydroxyl groups is 1. The normalized spacial score (nSPS) is 22.4. The van der Waals surface area contributed by atoms with Crippen LogP contribution in [0.5, 0.6) is 0 Å². The molecule has 3 heteroatoms. The van der Waals surface area contributed by atoms with Crippen LogP contribution in [-0.4, -0.2) is 20.5 Å². The second-order valence-electron chi connectivity index (χ2n) is 5.36. The average molecular weight is 208 g/mol. The molecule has 1 aromatic rings. The summed E-state index contributed by atoms with van der Waals surface area (Å²) in [6, 6.07) is 0. The molecule has 84 valence electrons. The van der Waals surface area contributed by atoms with E-state index in [9.17, 15) is 5.11 Å². The highest BCUT2D eigenvalue weighted by molar-refractivity contribution is 5.08. The van der Waals surface area contributed by atoms with Gasteiger partial charge < -0.3 is 5.11 Å². The van der Waals surface area contributed by atoms with Crippen LogP contribution in [0, 0.1) is 5.41 Å². The number of hydrogen-bond acceptors (Lipinski definition) is 2. The summed E-state index contributed by atoms with van der Waals surface area (Å²) in [6.45, 7) is 4.15. The summed E-state index contributed by atoms with van der Waals surface area (Å²) in [5.74, 6) is 0. The molecular formula is C12H20N2O. The SMILES string of the molecule is Cn1cc(CCC(C)(O)C2(C)CC2)cn1. The van der Waals surface area contributed by atoms with Crippen LogP contribution < -0.4 is 0 Å². The molecule has 0 aliphatic heterocycles. The first-order valence-electron chi connectivity index (χ1n) is 5.63. The van der Waals surface area contributed by atoms with Crippen LogP contribution in [0.1, 0.15) is 38.7 Å². The highest BCUT2D eigenvalue weighted by atomic mass is 16.3. The van der Waals surface area contributed by atoms with E-state index >= 15 is 0 Å². The quantitative estimate of drug-likeness (QED) is 0.820. The second kappa shape index (κ2) is 3.34. The molecule has 0 bridgehead atoms. The topological polar surface area (TPSA) is 38.0 Å². The van der Waals surface area contributed by atoms with Gasteiger partial charge in [0.15, 0.2) is 0 Å². The molecule has 1 aliphatic carbocycles. The minimum atomic E-state index is -0.525. The third-order valence-electron chi connectivity index (χ3n) is 3.96. The summed E-state index contributed by atoms with van der Waals surface area (Å²) in [6.07, 6.45) is 7.96. The van der Waals surface area contributed by atoms with Crippen LogP contribution in [0.15, 0.2) is 12.4 Å². The van der Waals surface area contributed by atoms with E-state index in [1.807, 2.05) is 31.0 Å². The van der Waals surface area contributed by atoms with E-state index in [0.29, 0.717) is 0 Å². The lowest BCUT2D eigenvalue weighted by molar-refractivity contribution is -0.0149. The molecule has 1 fully saturated rings. The lowest BCUT2D eigenvalue weighted by Gasteiger charge is -2.30. The van der Waals surface area contributed by atoms with Crippen molar-refractivity contribution in [3.8, 4) is 0 Å². The molecule has 0 aromatic carbocycles. The highest BCUT2D eigenvalue weighted by Crippen LogP contribution is 2.54. The van der Waals surface area contributed by atoms with Gasteiger partial charge in [-0.2, -0.15) is 5.10 Å². The molecule has 1 unspecified atom stereocenters. The minimum absolute atomic E-state index is 0.162. The van der Waals surface area contributed by atoms with Gasteiger partial charge in [0, 0.05) is 13.2 Å². The molecule has 3 nitrogen and oxygen atoms in total. The lowest BCUT2D eigenvalue weighted by Crippen LogP contribution is -2.34. The van der Waals surface area contributed by atoms with Gasteiger partial charge in [-0.05, 0) is 43.6 Å². The van der Waals surface area contributed by atoms with Gasteiger partial charge in [-0.1, -0.05) is 6.92 Å². The van der Waals surface area contributed by atoms with Crippen molar-refractivity contribution in [1.29, 1.82) is 0 Å². The third-order valence-corrected chi connectivity index (χ3v) is 3.96. The Morgan fingerprint density at radius 1 is 1.60 bits per heavy atom. The first kappa shape index (κ1) is 10.7. The van der Waals surface area contributed by atoms with E-state index in [4.69, 9.17) is 0 Å². The van der Waals surface area contributed by atoms with Gasteiger partial charge in [0.25, 0.3) is 0 Å². The summed E-state index contributed by atoms with van der Waals surface area (Å²) in [5.41, 5.74) is 0.847. The van der Waals surface area contributed by atoms with Crippen LogP contribution in [0.2, 0.25) is 0 Å². The van der Waals surface area contributed by atoms with Gasteiger partial charge in [0.2, 0.25) is 0 Å². The van der Waals surface area contributed by atoms with Crippen molar-refractivity contribution in [3.05, 3.63) is 18.0 Å². The van der Waals surface area contributed by atoms with Crippen molar-refractivity contribution in [2.75, 3.05) is 0 Å². The Balaban J connectivity index is 1.93. The van der Waals surface area contributed by atoms with E-state index in [-0.39, 0.29) is 5.41 Å². The van der Waals surface area contributed by atoms with Gasteiger partial charge in [-0.3, -0.25) is 4.68 Å². The zero-order valence-electron chi connectivity index (χ0n) is 9.82. The van der Waals surface area contributed by atoms with Crippen LogP contribution in [0.4, 0.5) is 0 Å². The molecule has 1 heterocycles. The molecule has 1 atom stereocenters. The van der Waals surface area contributed by atoms with E-state index in [0.717, 1.165) is 25.7 Å². The molecule has 0 radical (unpaired) electrons. The number of hydrogen-bond donors (Lipinski definition) is 1. The summed E-state index contributed by atoms with van der Waals surface area (Å²) in [4.78, 5) is 0. The third kappa shape index (κ3) is 2.07. The Kier molecular flexibility index (Phi) is 2.38. The maximum atomic E-state index is 10.4. The van der Waals surface area contributed by atoms with Crippen molar-refractivity contribution in [2.24, 2.45) is 12.5 Å². The Hall–Kier alpha value is -0.830. The van der Waals surface area contributed by atoms with E-state index in [2.05, 4.69) is 12.0 Å². The monoisotopic (exact) mass is 208 g/mol. The van der Waals surface area contributed by atoms with Crippen LogP contribution in [0.25, 0.3) is 0 Å². The van der Waals surface area contributed by atoms with E-state index in [1.165, 1.54) is 5.56 Å². The molecule has 1 aliphatic rings. The van der Waals surface area contributed by atoms with Crippen LogP contribution in [0.3, 0.4) is 0 Å². The van der Waals surface area contributed by atoms with E-state index < -0.39 is 5.60 Å². The Bertz CT molecular complexity index is 350. The fourth-order valence-electron chi connectivity index (χ4n) is 2.02. The van der Waals surface area contributed by atoms with Gasteiger partial charge in [0.05, 0.1) is 11.8 Å². The summed E-state index contributed by atoms with van der Waals surface area (Å²) in [7, 11) is 1.92. The van der Waals surface area contributed by atoms with Crippen molar-refractivity contribution in [1.82, 2.24) is 9.78 Å². The van der Waals surface area contributed by atoms with Gasteiger partial charge in [0.1, 0.15) is 0 Å². The number of nitrogens with zero attached hydrogens (tertiary/aromatic N) is 2.